The Kier molecular flexibility index (Phi) is 10.5. The zero-order valence-electron chi connectivity index (χ0n) is 20.1. The van der Waals surface area contributed by atoms with Gasteiger partial charge in [0, 0.05) is 44.0 Å². The van der Waals surface area contributed by atoms with Crippen LogP contribution in [0.1, 0.15) is 76.6 Å². The van der Waals surface area contributed by atoms with Crippen molar-refractivity contribution in [1.29, 1.82) is 10.8 Å². The van der Waals surface area contributed by atoms with Crippen LogP contribution in [0.5, 0.6) is 0 Å². The van der Waals surface area contributed by atoms with Crippen molar-refractivity contribution >= 4 is 24.6 Å². The first-order valence-corrected chi connectivity index (χ1v) is 10.9. The Hall–Kier alpha value is -2.81. The highest BCUT2D eigenvalue weighted by molar-refractivity contribution is 6.14. The van der Waals surface area contributed by atoms with Crippen LogP contribution < -0.4 is 5.73 Å². The van der Waals surface area contributed by atoms with Gasteiger partial charge in [0.15, 0.2) is 5.89 Å². The number of aromatic nitrogens is 1. The molecule has 1 amide bonds. The average molecular weight is 447 g/mol. The van der Waals surface area contributed by atoms with Crippen molar-refractivity contribution in [3.8, 4) is 0 Å². The summed E-state index contributed by atoms with van der Waals surface area (Å²) in [6.07, 6.45) is 6.70. The topological polar surface area (TPSA) is 153 Å². The number of hydrogen-bond acceptors (Lipinski definition) is 8. The van der Waals surface area contributed by atoms with Crippen molar-refractivity contribution in [3.05, 3.63) is 28.6 Å². The molecule has 178 valence electrons. The van der Waals surface area contributed by atoms with Crippen molar-refractivity contribution in [3.63, 3.8) is 0 Å². The molecule has 1 aliphatic rings. The monoisotopic (exact) mass is 446 g/mol. The summed E-state index contributed by atoms with van der Waals surface area (Å²) in [5, 5.41) is 24.2. The molecule has 1 aliphatic heterocycles. The number of piperidine rings is 1. The molecule has 0 radical (unpaired) electrons. The minimum atomic E-state index is -1.08. The molecule has 2 atom stereocenters. The zero-order valence-corrected chi connectivity index (χ0v) is 20.1. The van der Waals surface area contributed by atoms with E-state index in [4.69, 9.17) is 21.0 Å². The molecular formula is C23H38N6O3. The van der Waals surface area contributed by atoms with Crippen molar-refractivity contribution in [1.82, 2.24) is 9.88 Å². The molecule has 9 heteroatoms. The Bertz CT molecular complexity index is 850. The Morgan fingerprint density at radius 3 is 2.50 bits per heavy atom. The maximum atomic E-state index is 13.0. The summed E-state index contributed by atoms with van der Waals surface area (Å²) in [6, 6.07) is 0.0583. The third-order valence-electron chi connectivity index (χ3n) is 5.35. The number of aliphatic imine (C=N–C) groups is 1. The van der Waals surface area contributed by atoms with Crippen LogP contribution in [0.4, 0.5) is 0 Å². The minimum Gasteiger partial charge on any atom is -0.445 e. The fourth-order valence-electron chi connectivity index (χ4n) is 3.68. The lowest BCUT2D eigenvalue weighted by Gasteiger charge is -2.37. The lowest BCUT2D eigenvalue weighted by atomic mass is 9.92. The molecule has 1 aromatic heterocycles. The number of hydrogen-bond donors (Lipinski definition) is 4. The normalized spacial score (nSPS) is 19.8. The summed E-state index contributed by atoms with van der Waals surface area (Å²) in [5.41, 5.74) is 6.21. The van der Waals surface area contributed by atoms with Crippen LogP contribution in [0.25, 0.3) is 0 Å². The predicted molar refractivity (Wildman–Crippen MR) is 128 cm³/mol. The van der Waals surface area contributed by atoms with Gasteiger partial charge in [-0.1, -0.05) is 13.3 Å². The maximum absolute atomic E-state index is 13.0. The molecule has 0 spiro atoms. The quantitative estimate of drug-likeness (QED) is 0.374. The third-order valence-corrected chi connectivity index (χ3v) is 5.35. The number of nitrogens with two attached hydrogens (primary N) is 1. The van der Waals surface area contributed by atoms with Gasteiger partial charge in [0.2, 0.25) is 0 Å². The minimum absolute atomic E-state index is 0.0423. The number of rotatable bonds is 7. The number of carbonyl (C=O) groups excluding carboxylic acids is 1. The van der Waals surface area contributed by atoms with Crippen LogP contribution >= 0.6 is 0 Å². The zero-order chi connectivity index (χ0) is 24.5. The number of likely N-dealkylation sites (tertiary alicyclic amines) is 1. The third kappa shape index (κ3) is 7.12. The first-order valence-electron chi connectivity index (χ1n) is 10.9. The molecule has 5 N–H and O–H groups in total. The number of aliphatic hydroxyl groups is 1. The number of amides is 1. The Morgan fingerprint density at radius 2 is 2.06 bits per heavy atom. The summed E-state index contributed by atoms with van der Waals surface area (Å²) in [7, 11) is 1.63. The molecule has 0 saturated carbocycles. The van der Waals surface area contributed by atoms with Gasteiger partial charge in [-0.25, -0.2) is 4.98 Å². The Balaban J connectivity index is 0.000000920. The average Bonchev–Trinajstić information content (AvgIpc) is 3.12. The Morgan fingerprint density at radius 1 is 1.41 bits per heavy atom. The first-order chi connectivity index (χ1) is 15.0. The molecule has 32 heavy (non-hydrogen) atoms. The van der Waals surface area contributed by atoms with Crippen molar-refractivity contribution in [2.45, 2.75) is 77.9 Å². The summed E-state index contributed by atoms with van der Waals surface area (Å²) in [4.78, 5) is 22.8. The Labute approximate surface area is 190 Å². The lowest BCUT2D eigenvalue weighted by molar-refractivity contribution is -0.130. The van der Waals surface area contributed by atoms with E-state index in [-0.39, 0.29) is 23.4 Å². The van der Waals surface area contributed by atoms with Crippen LogP contribution in [-0.4, -0.2) is 59.2 Å². The number of allylic oxidation sites excluding steroid dienone is 1. The second-order valence-electron chi connectivity index (χ2n) is 8.50. The van der Waals surface area contributed by atoms with E-state index >= 15 is 0 Å². The number of nitrogens with one attached hydrogen (secondary N) is 2. The SMILES string of the molecule is CCC/C(N)=C(/C=N)C(=O)N1CC(c2nc(C(C)(C)O)c(C)o2)CC[C@H]1C.CN=CC=N. The lowest BCUT2D eigenvalue weighted by Crippen LogP contribution is -2.46. The smallest absolute Gasteiger partial charge is 0.257 e. The van der Waals surface area contributed by atoms with E-state index in [0.29, 0.717) is 36.0 Å². The number of oxazole rings is 1. The van der Waals surface area contributed by atoms with Crippen molar-refractivity contribution in [2.75, 3.05) is 13.6 Å². The van der Waals surface area contributed by atoms with Gasteiger partial charge in [-0.05, 0) is 47.0 Å². The van der Waals surface area contributed by atoms with E-state index in [1.165, 1.54) is 6.21 Å². The predicted octanol–water partition coefficient (Wildman–Crippen LogP) is 3.30. The van der Waals surface area contributed by atoms with Gasteiger partial charge < -0.3 is 31.0 Å². The second kappa shape index (κ2) is 12.3. The van der Waals surface area contributed by atoms with E-state index in [2.05, 4.69) is 9.98 Å². The van der Waals surface area contributed by atoms with Gasteiger partial charge in [0.05, 0.1) is 11.5 Å². The van der Waals surface area contributed by atoms with Crippen LogP contribution in [0.2, 0.25) is 0 Å². The van der Waals surface area contributed by atoms with E-state index in [1.807, 2.05) is 13.8 Å². The van der Waals surface area contributed by atoms with Gasteiger partial charge in [0.25, 0.3) is 5.91 Å². The highest BCUT2D eigenvalue weighted by atomic mass is 16.4. The van der Waals surface area contributed by atoms with Crippen LogP contribution in [-0.2, 0) is 10.4 Å². The van der Waals surface area contributed by atoms with Crippen LogP contribution in [0, 0.1) is 17.7 Å². The molecule has 2 heterocycles. The summed E-state index contributed by atoms with van der Waals surface area (Å²) in [6.45, 7) is 9.61. The summed E-state index contributed by atoms with van der Waals surface area (Å²) in [5.74, 6) is 0.899. The second-order valence-corrected chi connectivity index (χ2v) is 8.50. The van der Waals surface area contributed by atoms with Gasteiger partial charge in [-0.2, -0.15) is 0 Å². The van der Waals surface area contributed by atoms with E-state index < -0.39 is 5.60 Å². The molecule has 0 aliphatic carbocycles. The highest BCUT2D eigenvalue weighted by Gasteiger charge is 2.35. The number of nitrogens with zero attached hydrogens (tertiary/aromatic N) is 3. The van der Waals surface area contributed by atoms with Crippen molar-refractivity contribution in [2.24, 2.45) is 10.7 Å². The van der Waals surface area contributed by atoms with Crippen molar-refractivity contribution < 1.29 is 14.3 Å². The largest absolute Gasteiger partial charge is 0.445 e. The fourth-order valence-corrected chi connectivity index (χ4v) is 3.68. The summed E-state index contributed by atoms with van der Waals surface area (Å²) < 4.78 is 5.83. The molecular weight excluding hydrogens is 408 g/mol. The van der Waals surface area contributed by atoms with E-state index in [9.17, 15) is 9.90 Å². The molecule has 1 unspecified atom stereocenters. The molecule has 9 nitrogen and oxygen atoms in total. The standard InChI is InChI=1S/C20H32N4O3.C3H6N2/c1-6-7-16(22)15(10-21)19(25)24-11-14(9-8-12(24)2)18-23-17(13(3)27-18)20(4,5)26;1-5-3-2-4/h10,12,14,21,26H,6-9,11,22H2,1-5H3;2-4H,1H3/b16-15+,21-10?;/t12-,14?;/m1./s1. The van der Waals surface area contributed by atoms with Gasteiger partial charge in [0.1, 0.15) is 17.1 Å². The fraction of sp³-hybridized carbons (Fsp3) is 0.609. The van der Waals surface area contributed by atoms with E-state index in [0.717, 1.165) is 31.7 Å². The number of carbonyl (C=O) groups is 1. The van der Waals surface area contributed by atoms with Gasteiger partial charge in [-0.3, -0.25) is 9.79 Å². The molecule has 1 saturated heterocycles. The number of aryl methyl sites for hydroxylation is 1. The van der Waals surface area contributed by atoms with Gasteiger partial charge >= 0.3 is 0 Å². The maximum Gasteiger partial charge on any atom is 0.257 e. The highest BCUT2D eigenvalue weighted by Crippen LogP contribution is 2.33. The van der Waals surface area contributed by atoms with Crippen LogP contribution in [0.15, 0.2) is 20.7 Å². The van der Waals surface area contributed by atoms with Gasteiger partial charge in [-0.15, -0.1) is 0 Å². The first kappa shape index (κ1) is 27.2. The van der Waals surface area contributed by atoms with E-state index in [1.54, 1.807) is 32.7 Å². The molecule has 1 fully saturated rings. The van der Waals surface area contributed by atoms with Crippen LogP contribution in [0.3, 0.4) is 0 Å². The molecule has 1 aromatic rings. The molecule has 0 bridgehead atoms. The molecule has 2 rings (SSSR count). The molecule has 0 aromatic carbocycles. The summed E-state index contributed by atoms with van der Waals surface area (Å²) >= 11 is 0.